The molecule has 2 fully saturated rings. The maximum Gasteiger partial charge on any atom is 0.253 e. The molecule has 2 aromatic carbocycles. The van der Waals surface area contributed by atoms with Gasteiger partial charge in [0.25, 0.3) is 5.91 Å². The van der Waals surface area contributed by atoms with E-state index in [1.54, 1.807) is 0 Å². The van der Waals surface area contributed by atoms with Gasteiger partial charge in [0.05, 0.1) is 11.4 Å². The Morgan fingerprint density at radius 3 is 2.42 bits per heavy atom. The van der Waals surface area contributed by atoms with Gasteiger partial charge >= 0.3 is 0 Å². The third-order valence-electron chi connectivity index (χ3n) is 8.17. The van der Waals surface area contributed by atoms with Crippen molar-refractivity contribution in [2.45, 2.75) is 64.2 Å². The summed E-state index contributed by atoms with van der Waals surface area (Å²) in [7, 11) is 0. The molecule has 186 valence electrons. The van der Waals surface area contributed by atoms with Gasteiger partial charge in [-0.1, -0.05) is 18.2 Å². The molecule has 1 unspecified atom stereocenters. The molecule has 0 N–H and O–H groups in total. The van der Waals surface area contributed by atoms with E-state index in [4.69, 9.17) is 4.74 Å². The third kappa shape index (κ3) is 4.03. The van der Waals surface area contributed by atoms with E-state index < -0.39 is 0 Å². The molecular weight excluding hydrogens is 448 g/mol. The minimum Gasteiger partial charge on any atom is -0.453 e. The normalized spacial score (nSPS) is 22.5. The molecule has 3 aromatic rings. The van der Waals surface area contributed by atoms with Crippen molar-refractivity contribution in [3.05, 3.63) is 78.1 Å². The van der Waals surface area contributed by atoms with E-state index in [1.165, 1.54) is 18.4 Å². The molecule has 6 heteroatoms. The minimum absolute atomic E-state index is 0.0542. The van der Waals surface area contributed by atoms with Gasteiger partial charge in [0.2, 0.25) is 0 Å². The Labute approximate surface area is 213 Å². The highest BCUT2D eigenvalue weighted by atomic mass is 16.5. The number of pyridine rings is 1. The fourth-order valence-corrected chi connectivity index (χ4v) is 6.42. The Morgan fingerprint density at radius 1 is 0.944 bits per heavy atom. The number of piperidine rings is 1. The van der Waals surface area contributed by atoms with E-state index in [1.807, 2.05) is 61.5 Å². The van der Waals surface area contributed by atoms with E-state index in [0.717, 1.165) is 42.3 Å². The predicted octanol–water partition coefficient (Wildman–Crippen LogP) is 6.00. The van der Waals surface area contributed by atoms with Gasteiger partial charge in [-0.3, -0.25) is 14.7 Å². The molecule has 1 aromatic heterocycles. The highest BCUT2D eigenvalue weighted by Gasteiger charge is 2.44. The molecule has 0 aliphatic carbocycles. The molecule has 3 aliphatic heterocycles. The lowest BCUT2D eigenvalue weighted by molar-refractivity contribution is 0.0772. The van der Waals surface area contributed by atoms with Gasteiger partial charge in [-0.2, -0.15) is 0 Å². The topological polar surface area (TPSA) is 48.9 Å². The summed E-state index contributed by atoms with van der Waals surface area (Å²) >= 11 is 0. The molecule has 0 spiro atoms. The van der Waals surface area contributed by atoms with Crippen LogP contribution in [0.3, 0.4) is 0 Å². The van der Waals surface area contributed by atoms with Gasteiger partial charge in [0.15, 0.2) is 11.5 Å². The second kappa shape index (κ2) is 9.58. The largest absolute Gasteiger partial charge is 0.453 e. The van der Waals surface area contributed by atoms with Gasteiger partial charge in [-0.05, 0) is 81.5 Å². The molecule has 36 heavy (non-hydrogen) atoms. The average molecular weight is 483 g/mol. The summed E-state index contributed by atoms with van der Waals surface area (Å²) in [6, 6.07) is 20.0. The molecule has 6 rings (SSSR count). The standard InChI is InChI=1S/C30H34N4O2/c1-3-32(4-2)30(35)22-11-14-27-29(16-22)36-28-10-6-5-9-26(28)34(27)25-17-23-12-13-24(18-25)33(23)20-21-8-7-15-31-19-21/h5-11,14-16,19,23-25H,3-4,12-13,17-18,20H2,1-2H3/t23-,24+,25?. The number of para-hydroxylation sites is 2. The lowest BCUT2D eigenvalue weighted by atomic mass is 9.93. The van der Waals surface area contributed by atoms with Crippen LogP contribution in [-0.2, 0) is 6.54 Å². The van der Waals surface area contributed by atoms with Crippen molar-refractivity contribution in [3.8, 4) is 11.5 Å². The van der Waals surface area contributed by atoms with Crippen LogP contribution in [0.25, 0.3) is 0 Å². The van der Waals surface area contributed by atoms with E-state index in [0.29, 0.717) is 36.8 Å². The van der Waals surface area contributed by atoms with Crippen molar-refractivity contribution in [3.63, 3.8) is 0 Å². The zero-order valence-corrected chi connectivity index (χ0v) is 21.1. The highest BCUT2D eigenvalue weighted by molar-refractivity contribution is 5.96. The Kier molecular flexibility index (Phi) is 6.13. The number of carbonyl (C=O) groups excluding carboxylic acids is 1. The Hall–Kier alpha value is -3.38. The van der Waals surface area contributed by atoms with Crippen LogP contribution in [0.15, 0.2) is 67.0 Å². The monoisotopic (exact) mass is 482 g/mol. The number of aromatic nitrogens is 1. The van der Waals surface area contributed by atoms with Crippen LogP contribution in [0.5, 0.6) is 11.5 Å². The number of fused-ring (bicyclic) bond motifs is 4. The molecule has 4 heterocycles. The fourth-order valence-electron chi connectivity index (χ4n) is 6.42. The van der Waals surface area contributed by atoms with Gasteiger partial charge in [-0.25, -0.2) is 0 Å². The number of hydrogen-bond donors (Lipinski definition) is 0. The SMILES string of the molecule is CCN(CC)C(=O)c1ccc2c(c1)Oc1ccccc1N2C1C[C@H]2CC[C@@H](C1)N2Cc1cccnc1. The van der Waals surface area contributed by atoms with Gasteiger partial charge in [-0.15, -0.1) is 0 Å². The molecule has 0 radical (unpaired) electrons. The van der Waals surface area contributed by atoms with E-state index in [9.17, 15) is 4.79 Å². The Morgan fingerprint density at radius 2 is 1.69 bits per heavy atom. The zero-order chi connectivity index (χ0) is 24.6. The number of hydrogen-bond acceptors (Lipinski definition) is 5. The number of anilines is 2. The number of nitrogens with zero attached hydrogens (tertiary/aromatic N) is 4. The average Bonchev–Trinajstić information content (AvgIpc) is 3.14. The Balaban J connectivity index is 1.31. The summed E-state index contributed by atoms with van der Waals surface area (Å²) in [6.45, 7) is 6.40. The summed E-state index contributed by atoms with van der Waals surface area (Å²) in [6.07, 6.45) is 8.57. The number of benzene rings is 2. The van der Waals surface area contributed by atoms with Gasteiger partial charge < -0.3 is 14.5 Å². The summed E-state index contributed by atoms with van der Waals surface area (Å²) in [4.78, 5) is 24.4. The maximum absolute atomic E-state index is 13.0. The maximum atomic E-state index is 13.0. The smallest absolute Gasteiger partial charge is 0.253 e. The number of amides is 1. The van der Waals surface area contributed by atoms with Crippen molar-refractivity contribution in [1.82, 2.24) is 14.8 Å². The molecule has 2 saturated heterocycles. The lowest BCUT2D eigenvalue weighted by Gasteiger charge is -2.46. The van der Waals surface area contributed by atoms with Crippen LogP contribution in [0.1, 0.15) is 55.5 Å². The van der Waals surface area contributed by atoms with E-state index in [2.05, 4.69) is 39.0 Å². The lowest BCUT2D eigenvalue weighted by Crippen LogP contribution is -2.49. The highest BCUT2D eigenvalue weighted by Crippen LogP contribution is 2.51. The third-order valence-corrected chi connectivity index (χ3v) is 8.17. The molecule has 3 aliphatic rings. The van der Waals surface area contributed by atoms with E-state index in [-0.39, 0.29) is 5.91 Å². The quantitative estimate of drug-likeness (QED) is 0.431. The number of rotatable bonds is 6. The minimum atomic E-state index is 0.0542. The summed E-state index contributed by atoms with van der Waals surface area (Å²) < 4.78 is 6.38. The first-order valence-corrected chi connectivity index (χ1v) is 13.3. The molecule has 3 atom stereocenters. The predicted molar refractivity (Wildman–Crippen MR) is 142 cm³/mol. The van der Waals surface area contributed by atoms with Crippen LogP contribution in [-0.4, -0.2) is 51.9 Å². The van der Waals surface area contributed by atoms with Crippen LogP contribution < -0.4 is 9.64 Å². The second-order valence-electron chi connectivity index (χ2n) is 10.1. The molecule has 6 nitrogen and oxygen atoms in total. The first-order chi connectivity index (χ1) is 17.7. The van der Waals surface area contributed by atoms with Crippen molar-refractivity contribution < 1.29 is 9.53 Å². The summed E-state index contributed by atoms with van der Waals surface area (Å²) in [5.74, 6) is 1.69. The van der Waals surface area contributed by atoms with Crippen molar-refractivity contribution in [1.29, 1.82) is 0 Å². The number of carbonyl (C=O) groups is 1. The van der Waals surface area contributed by atoms with Gasteiger partial charge in [0, 0.05) is 55.7 Å². The van der Waals surface area contributed by atoms with Crippen LogP contribution >= 0.6 is 0 Å². The van der Waals surface area contributed by atoms with Crippen molar-refractivity contribution in [2.24, 2.45) is 0 Å². The molecular formula is C30H34N4O2. The first-order valence-electron chi connectivity index (χ1n) is 13.3. The summed E-state index contributed by atoms with van der Waals surface area (Å²) in [5, 5.41) is 0. The molecule has 2 bridgehead atoms. The number of ether oxygens (including phenoxy) is 1. The first kappa shape index (κ1) is 23.0. The zero-order valence-electron chi connectivity index (χ0n) is 21.1. The fraction of sp³-hybridized carbons (Fsp3) is 0.400. The second-order valence-corrected chi connectivity index (χ2v) is 10.1. The van der Waals surface area contributed by atoms with Crippen LogP contribution in [0.4, 0.5) is 11.4 Å². The molecule has 1 amide bonds. The van der Waals surface area contributed by atoms with Crippen molar-refractivity contribution >= 4 is 17.3 Å². The van der Waals surface area contributed by atoms with E-state index >= 15 is 0 Å². The summed E-state index contributed by atoms with van der Waals surface area (Å²) in [5.41, 5.74) is 4.16. The van der Waals surface area contributed by atoms with Crippen LogP contribution in [0.2, 0.25) is 0 Å². The van der Waals surface area contributed by atoms with Crippen LogP contribution in [0, 0.1) is 0 Å². The Bertz CT molecular complexity index is 1230. The molecule has 0 saturated carbocycles. The van der Waals surface area contributed by atoms with Gasteiger partial charge in [0.1, 0.15) is 0 Å². The van der Waals surface area contributed by atoms with Crippen molar-refractivity contribution in [2.75, 3.05) is 18.0 Å².